The maximum atomic E-state index is 13.5. The van der Waals surface area contributed by atoms with Crippen molar-refractivity contribution in [2.45, 2.75) is 25.4 Å². The molecule has 2 N–H and O–H groups in total. The second-order valence-corrected chi connectivity index (χ2v) is 11.0. The van der Waals surface area contributed by atoms with Gasteiger partial charge in [0, 0.05) is 45.0 Å². The smallest absolute Gasteiger partial charge is 0.338 e. The molecule has 2 aliphatic rings. The van der Waals surface area contributed by atoms with Gasteiger partial charge in [-0.1, -0.05) is 60.7 Å². The van der Waals surface area contributed by atoms with E-state index in [2.05, 4.69) is 69.0 Å². The molecule has 10 nitrogen and oxygen atoms in total. The Balaban J connectivity index is 1.17. The Morgan fingerprint density at radius 3 is 2.07 bits per heavy atom. The summed E-state index contributed by atoms with van der Waals surface area (Å²) in [5, 5.41) is 5.55. The lowest BCUT2D eigenvalue weighted by Crippen LogP contribution is -2.60. The van der Waals surface area contributed by atoms with Crippen LogP contribution in [0.4, 0.5) is 5.69 Å². The zero-order chi connectivity index (χ0) is 30.9. The molecule has 2 saturated heterocycles. The van der Waals surface area contributed by atoms with Gasteiger partial charge < -0.3 is 20.3 Å². The minimum absolute atomic E-state index is 0.130. The van der Waals surface area contributed by atoms with Crippen molar-refractivity contribution in [3.8, 4) is 0 Å². The second-order valence-electron chi connectivity index (χ2n) is 11.0. The SMILES string of the molecule is CCOC(=O)c1ccc(NC(=O)CC2C(=O)NCCN2C(=O)CN2CCN(C(c3ccccc3)c3ccccc3)CC2)cc1. The first-order valence-electron chi connectivity index (χ1n) is 15.1. The minimum Gasteiger partial charge on any atom is -0.462 e. The maximum absolute atomic E-state index is 13.5. The van der Waals surface area contributed by atoms with Gasteiger partial charge in [0.05, 0.1) is 31.2 Å². The van der Waals surface area contributed by atoms with Gasteiger partial charge in [-0.15, -0.1) is 0 Å². The van der Waals surface area contributed by atoms with Crippen molar-refractivity contribution in [3.63, 3.8) is 0 Å². The fourth-order valence-corrected chi connectivity index (χ4v) is 5.85. The van der Waals surface area contributed by atoms with Gasteiger partial charge in [-0.05, 0) is 42.3 Å². The molecule has 0 aliphatic carbocycles. The first kappa shape index (κ1) is 30.9. The molecule has 0 aromatic heterocycles. The van der Waals surface area contributed by atoms with E-state index in [1.54, 1.807) is 31.2 Å². The van der Waals surface area contributed by atoms with Crippen LogP contribution >= 0.6 is 0 Å². The molecular formula is C34H39N5O5. The summed E-state index contributed by atoms with van der Waals surface area (Å²) in [6.07, 6.45) is -0.166. The molecule has 0 saturated carbocycles. The van der Waals surface area contributed by atoms with Gasteiger partial charge in [0.2, 0.25) is 17.7 Å². The van der Waals surface area contributed by atoms with Crippen LogP contribution in [0.15, 0.2) is 84.9 Å². The third kappa shape index (κ3) is 7.69. The number of carbonyl (C=O) groups is 4. The lowest BCUT2D eigenvalue weighted by molar-refractivity contribution is -0.145. The summed E-state index contributed by atoms with van der Waals surface area (Å²) < 4.78 is 4.99. The number of piperazine rings is 2. The molecule has 0 bridgehead atoms. The average Bonchev–Trinajstić information content (AvgIpc) is 3.04. The first-order valence-corrected chi connectivity index (χ1v) is 15.1. The molecule has 3 aromatic carbocycles. The standard InChI is InChI=1S/C34H39N5O5/c1-2-44-34(43)27-13-15-28(16-14-27)36-30(40)23-29-33(42)35-17-18-39(29)31(41)24-37-19-21-38(22-20-37)32(25-9-5-3-6-10-25)26-11-7-4-8-12-26/h3-16,29,32H,2,17-24H2,1H3,(H,35,42)(H,36,40). The predicted molar refractivity (Wildman–Crippen MR) is 167 cm³/mol. The van der Waals surface area contributed by atoms with Gasteiger partial charge in [0.25, 0.3) is 0 Å². The molecule has 1 unspecified atom stereocenters. The molecule has 5 rings (SSSR count). The van der Waals surface area contributed by atoms with Gasteiger partial charge in [-0.3, -0.25) is 24.2 Å². The number of rotatable bonds is 10. The van der Waals surface area contributed by atoms with E-state index in [9.17, 15) is 19.2 Å². The largest absolute Gasteiger partial charge is 0.462 e. The molecule has 0 radical (unpaired) electrons. The van der Waals surface area contributed by atoms with Crippen LogP contribution in [0.25, 0.3) is 0 Å². The number of esters is 1. The van der Waals surface area contributed by atoms with Crippen LogP contribution in [0.2, 0.25) is 0 Å². The van der Waals surface area contributed by atoms with Crippen molar-refractivity contribution in [1.29, 1.82) is 0 Å². The van der Waals surface area contributed by atoms with Crippen molar-refractivity contribution in [3.05, 3.63) is 102 Å². The highest BCUT2D eigenvalue weighted by molar-refractivity contribution is 5.98. The molecular weight excluding hydrogens is 558 g/mol. The van der Waals surface area contributed by atoms with Crippen molar-refractivity contribution >= 4 is 29.4 Å². The minimum atomic E-state index is -0.892. The van der Waals surface area contributed by atoms with E-state index in [4.69, 9.17) is 4.74 Å². The van der Waals surface area contributed by atoms with Crippen LogP contribution < -0.4 is 10.6 Å². The number of nitrogens with one attached hydrogen (secondary N) is 2. The number of nitrogens with zero attached hydrogens (tertiary/aromatic N) is 3. The second kappa shape index (κ2) is 14.8. The van der Waals surface area contributed by atoms with E-state index < -0.39 is 17.9 Å². The van der Waals surface area contributed by atoms with Crippen molar-refractivity contribution in [2.24, 2.45) is 0 Å². The zero-order valence-corrected chi connectivity index (χ0v) is 25.0. The number of benzene rings is 3. The Kier molecular flexibility index (Phi) is 10.4. The topological polar surface area (TPSA) is 111 Å². The van der Waals surface area contributed by atoms with Crippen LogP contribution in [0.5, 0.6) is 0 Å². The Bertz CT molecular complexity index is 1390. The summed E-state index contributed by atoms with van der Waals surface area (Å²) in [6, 6.07) is 26.5. The normalized spacial score (nSPS) is 17.6. The lowest BCUT2D eigenvalue weighted by atomic mass is 9.96. The van der Waals surface area contributed by atoms with Crippen LogP contribution in [-0.4, -0.2) is 96.9 Å². The van der Waals surface area contributed by atoms with E-state index in [-0.39, 0.29) is 37.4 Å². The van der Waals surface area contributed by atoms with E-state index in [0.717, 1.165) is 26.2 Å². The molecule has 3 amide bonds. The van der Waals surface area contributed by atoms with Crippen LogP contribution in [0, 0.1) is 0 Å². The molecule has 2 fully saturated rings. The zero-order valence-electron chi connectivity index (χ0n) is 25.0. The predicted octanol–water partition coefficient (Wildman–Crippen LogP) is 2.93. The van der Waals surface area contributed by atoms with Crippen LogP contribution in [0.1, 0.15) is 40.9 Å². The van der Waals surface area contributed by atoms with Gasteiger partial charge in [0.15, 0.2) is 0 Å². The average molecular weight is 598 g/mol. The van der Waals surface area contributed by atoms with Gasteiger partial charge in [-0.2, -0.15) is 0 Å². The third-order valence-corrected chi connectivity index (χ3v) is 8.07. The molecule has 3 aromatic rings. The quantitative estimate of drug-likeness (QED) is 0.346. The summed E-state index contributed by atoms with van der Waals surface area (Å²) in [4.78, 5) is 57.2. The molecule has 1 atom stereocenters. The highest BCUT2D eigenvalue weighted by Gasteiger charge is 2.36. The maximum Gasteiger partial charge on any atom is 0.338 e. The van der Waals surface area contributed by atoms with Gasteiger partial charge >= 0.3 is 5.97 Å². The van der Waals surface area contributed by atoms with E-state index in [1.807, 2.05) is 12.1 Å². The Hall–Kier alpha value is -4.54. The number of anilines is 1. The highest BCUT2D eigenvalue weighted by atomic mass is 16.5. The fourth-order valence-electron chi connectivity index (χ4n) is 5.85. The molecule has 2 aliphatic heterocycles. The van der Waals surface area contributed by atoms with E-state index >= 15 is 0 Å². The number of amides is 3. The highest BCUT2D eigenvalue weighted by Crippen LogP contribution is 2.29. The summed E-state index contributed by atoms with van der Waals surface area (Å²) >= 11 is 0. The van der Waals surface area contributed by atoms with Gasteiger partial charge in [-0.25, -0.2) is 4.79 Å². The summed E-state index contributed by atoms with van der Waals surface area (Å²) in [7, 11) is 0. The molecule has 10 heteroatoms. The molecule has 0 spiro atoms. The van der Waals surface area contributed by atoms with Crippen LogP contribution in [-0.2, 0) is 19.1 Å². The first-order chi connectivity index (χ1) is 21.4. The molecule has 44 heavy (non-hydrogen) atoms. The molecule has 230 valence electrons. The van der Waals surface area contributed by atoms with Crippen molar-refractivity contribution < 1.29 is 23.9 Å². The Labute approximate surface area is 258 Å². The lowest BCUT2D eigenvalue weighted by Gasteiger charge is -2.41. The Morgan fingerprint density at radius 2 is 1.48 bits per heavy atom. The van der Waals surface area contributed by atoms with Crippen molar-refractivity contribution in [2.75, 3.05) is 57.7 Å². The van der Waals surface area contributed by atoms with Crippen molar-refractivity contribution in [1.82, 2.24) is 20.0 Å². The number of hydrogen-bond donors (Lipinski definition) is 2. The third-order valence-electron chi connectivity index (χ3n) is 8.07. The van der Waals surface area contributed by atoms with E-state index in [0.29, 0.717) is 24.3 Å². The number of hydrogen-bond acceptors (Lipinski definition) is 7. The summed E-state index contributed by atoms with van der Waals surface area (Å²) in [5.74, 6) is -1.33. The summed E-state index contributed by atoms with van der Waals surface area (Å²) in [5.41, 5.74) is 3.33. The monoisotopic (exact) mass is 597 g/mol. The summed E-state index contributed by atoms with van der Waals surface area (Å²) in [6.45, 7) is 5.92. The van der Waals surface area contributed by atoms with Gasteiger partial charge in [0.1, 0.15) is 6.04 Å². The number of ether oxygens (including phenoxy) is 1. The fraction of sp³-hybridized carbons (Fsp3) is 0.353. The van der Waals surface area contributed by atoms with E-state index in [1.165, 1.54) is 16.0 Å². The number of carbonyl (C=O) groups excluding carboxylic acids is 4. The van der Waals surface area contributed by atoms with Crippen LogP contribution in [0.3, 0.4) is 0 Å². The molecule has 2 heterocycles. The Morgan fingerprint density at radius 1 is 0.864 bits per heavy atom.